The van der Waals surface area contributed by atoms with Crippen molar-refractivity contribution in [3.05, 3.63) is 77.1 Å². The molecule has 1 saturated heterocycles. The minimum Gasteiger partial charge on any atom is -0.494 e. The zero-order valence-electron chi connectivity index (χ0n) is 30.2. The van der Waals surface area contributed by atoms with Crippen LogP contribution < -0.4 is 15.0 Å². The van der Waals surface area contributed by atoms with Gasteiger partial charge in [-0.3, -0.25) is 9.69 Å². The van der Waals surface area contributed by atoms with E-state index in [4.69, 9.17) is 14.5 Å². The third-order valence-corrected chi connectivity index (χ3v) is 11.0. The van der Waals surface area contributed by atoms with Crippen LogP contribution >= 0.6 is 0 Å². The maximum absolute atomic E-state index is 14.2. The van der Waals surface area contributed by atoms with Crippen molar-refractivity contribution < 1.29 is 27.4 Å². The van der Waals surface area contributed by atoms with E-state index in [9.17, 15) is 18.0 Å². The summed E-state index contributed by atoms with van der Waals surface area (Å²) in [6, 6.07) is 12.3. The van der Waals surface area contributed by atoms with Gasteiger partial charge in [0.1, 0.15) is 18.1 Å². The quantitative estimate of drug-likeness (QED) is 0.112. The van der Waals surface area contributed by atoms with Gasteiger partial charge in [-0.25, -0.2) is 4.98 Å². The number of rotatable bonds is 13. The Hall–Kier alpha value is -3.91. The number of carbonyl (C=O) groups is 1. The maximum atomic E-state index is 14.2. The summed E-state index contributed by atoms with van der Waals surface area (Å²) < 4.78 is 56.5. The Bertz CT molecular complexity index is 1800. The van der Waals surface area contributed by atoms with Crippen LogP contribution in [0.25, 0.3) is 11.0 Å². The number of fused-ring (bicyclic) bond motifs is 1. The Kier molecular flexibility index (Phi) is 11.6. The fraction of sp³-hybridized carbons (Fsp3) is 0.459. The van der Waals surface area contributed by atoms with Crippen molar-refractivity contribution in [2.45, 2.75) is 59.0 Å². The second kappa shape index (κ2) is 15.5. The number of aryl methyl sites for hydroxylation is 1. The van der Waals surface area contributed by atoms with Crippen molar-refractivity contribution in [3.63, 3.8) is 0 Å². The molecular weight excluding hydrogens is 662 g/mol. The number of hydrogen-bond donors (Lipinski definition) is 1. The predicted molar refractivity (Wildman–Crippen MR) is 196 cm³/mol. The third kappa shape index (κ3) is 8.86. The van der Waals surface area contributed by atoms with Crippen LogP contribution in [0.15, 0.2) is 54.9 Å². The van der Waals surface area contributed by atoms with Crippen molar-refractivity contribution in [3.8, 4) is 5.75 Å². The number of nitrogens with zero attached hydrogens (tertiary/aromatic N) is 5. The second-order valence-electron chi connectivity index (χ2n) is 14.1. The number of likely N-dealkylation sites (N-methyl/N-ethyl adjacent to an activating group) is 1. The van der Waals surface area contributed by atoms with Crippen LogP contribution in [0.4, 0.5) is 30.2 Å². The highest BCUT2D eigenvalue weighted by atomic mass is 28.3. The van der Waals surface area contributed by atoms with E-state index < -0.39 is 25.7 Å². The maximum Gasteiger partial charge on any atom is 0.416 e. The topological polar surface area (TPSA) is 75.1 Å². The summed E-state index contributed by atoms with van der Waals surface area (Å²) in [6.45, 7) is 16.2. The van der Waals surface area contributed by atoms with E-state index in [1.165, 1.54) is 12.1 Å². The van der Waals surface area contributed by atoms with E-state index in [0.29, 0.717) is 43.6 Å². The van der Waals surface area contributed by atoms with Crippen LogP contribution in [0, 0.1) is 6.92 Å². The summed E-state index contributed by atoms with van der Waals surface area (Å²) in [5.41, 5.74) is 2.92. The molecule has 0 saturated carbocycles. The standard InChI is InChI=1S/C37H49F3N6O3Si/c1-8-44-15-17-45(18-16-44)24-28-11-10-27(21-31(28)37(38,39)40)36(47)42-29-12-9-26(2)32(22-29)43(3)33-23-41-35-30(34(33)48-4)13-14-46(35)25-49-19-20-50(5,6)7/h9-14,21-23H,8,15-20,24-25H2,1-7H3,(H,42,47). The molecule has 1 fully saturated rings. The third-order valence-electron chi connectivity index (χ3n) is 9.32. The fourth-order valence-corrected chi connectivity index (χ4v) is 6.97. The smallest absolute Gasteiger partial charge is 0.416 e. The summed E-state index contributed by atoms with van der Waals surface area (Å²) in [4.78, 5) is 24.3. The van der Waals surface area contributed by atoms with Crippen molar-refractivity contribution in [1.29, 1.82) is 0 Å². The van der Waals surface area contributed by atoms with Gasteiger partial charge in [-0.15, -0.1) is 0 Å². The van der Waals surface area contributed by atoms with Crippen LogP contribution in [0.5, 0.6) is 5.75 Å². The minimum atomic E-state index is -4.59. The Morgan fingerprint density at radius 2 is 1.74 bits per heavy atom. The first kappa shape index (κ1) is 37.3. The summed E-state index contributed by atoms with van der Waals surface area (Å²) >= 11 is 0. The minimum absolute atomic E-state index is 0.0577. The van der Waals surface area contributed by atoms with Gasteiger partial charge >= 0.3 is 6.18 Å². The van der Waals surface area contributed by atoms with Crippen molar-refractivity contribution in [2.75, 3.05) is 63.7 Å². The lowest BCUT2D eigenvalue weighted by atomic mass is 10.0. The van der Waals surface area contributed by atoms with Crippen LogP contribution in [-0.2, 0) is 24.2 Å². The molecule has 0 spiro atoms. The molecule has 0 bridgehead atoms. The van der Waals surface area contributed by atoms with E-state index >= 15 is 0 Å². The molecule has 2 aromatic carbocycles. The number of ether oxygens (including phenoxy) is 2. The van der Waals surface area contributed by atoms with Gasteiger partial charge in [-0.1, -0.05) is 38.7 Å². The number of methoxy groups -OCH3 is 1. The number of anilines is 3. The number of benzene rings is 2. The Labute approximate surface area is 294 Å². The lowest BCUT2D eigenvalue weighted by Gasteiger charge is -2.34. The Morgan fingerprint density at radius 1 is 1.02 bits per heavy atom. The molecule has 9 nitrogen and oxygen atoms in total. The van der Waals surface area contributed by atoms with Gasteiger partial charge in [-0.2, -0.15) is 13.2 Å². The first-order valence-corrected chi connectivity index (χ1v) is 20.8. The molecule has 0 atom stereocenters. The van der Waals surface area contributed by atoms with Gasteiger partial charge < -0.3 is 29.2 Å². The zero-order valence-corrected chi connectivity index (χ0v) is 31.2. The monoisotopic (exact) mass is 710 g/mol. The number of pyridine rings is 1. The largest absolute Gasteiger partial charge is 0.494 e. The van der Waals surface area contributed by atoms with E-state index in [1.807, 2.05) is 46.7 Å². The van der Waals surface area contributed by atoms with Gasteiger partial charge in [0, 0.05) is 77.6 Å². The van der Waals surface area contributed by atoms with Gasteiger partial charge in [0.25, 0.3) is 5.91 Å². The highest BCUT2D eigenvalue weighted by Crippen LogP contribution is 2.40. The predicted octanol–water partition coefficient (Wildman–Crippen LogP) is 7.84. The molecular formula is C37H49F3N6O3Si. The molecule has 5 rings (SSSR count). The number of nitrogens with one attached hydrogen (secondary N) is 1. The molecule has 2 aromatic heterocycles. The van der Waals surface area contributed by atoms with Gasteiger partial charge in [-0.05, 0) is 61.0 Å². The van der Waals surface area contributed by atoms with Gasteiger partial charge in [0.05, 0.1) is 24.3 Å². The number of alkyl halides is 3. The molecule has 0 unspecified atom stereocenters. The highest BCUT2D eigenvalue weighted by molar-refractivity contribution is 6.76. The van der Waals surface area contributed by atoms with Crippen molar-refractivity contribution >= 4 is 42.1 Å². The van der Waals surface area contributed by atoms with Crippen LogP contribution in [0.2, 0.25) is 25.7 Å². The summed E-state index contributed by atoms with van der Waals surface area (Å²) in [5.74, 6) is 0.0179. The van der Waals surface area contributed by atoms with Gasteiger partial charge in [0.2, 0.25) is 0 Å². The van der Waals surface area contributed by atoms with Crippen LogP contribution in [0.1, 0.15) is 34.0 Å². The summed E-state index contributed by atoms with van der Waals surface area (Å²) in [7, 11) is 2.30. The van der Waals surface area contributed by atoms with E-state index in [1.54, 1.807) is 25.4 Å². The molecule has 3 heterocycles. The molecule has 1 aliphatic heterocycles. The second-order valence-corrected chi connectivity index (χ2v) is 19.8. The van der Waals surface area contributed by atoms with Crippen LogP contribution in [0.3, 0.4) is 0 Å². The SMILES string of the molecule is CCN1CCN(Cc2ccc(C(=O)Nc3ccc(C)c(N(C)c4cnc5c(ccn5COCC[Si](C)(C)C)c4OC)c3)cc2C(F)(F)F)CC1. The molecule has 0 aliphatic carbocycles. The van der Waals surface area contributed by atoms with Crippen molar-refractivity contribution in [1.82, 2.24) is 19.4 Å². The van der Waals surface area contributed by atoms with E-state index in [0.717, 1.165) is 54.0 Å². The molecule has 4 aromatic rings. The number of halogens is 3. The summed E-state index contributed by atoms with van der Waals surface area (Å²) in [5, 5.41) is 3.64. The molecule has 50 heavy (non-hydrogen) atoms. The van der Waals surface area contributed by atoms with Crippen molar-refractivity contribution in [2.24, 2.45) is 0 Å². The fourth-order valence-electron chi connectivity index (χ4n) is 6.21. The first-order valence-electron chi connectivity index (χ1n) is 17.1. The molecule has 13 heteroatoms. The first-order chi connectivity index (χ1) is 23.7. The lowest BCUT2D eigenvalue weighted by Crippen LogP contribution is -2.45. The molecule has 1 aliphatic rings. The Morgan fingerprint density at radius 3 is 2.40 bits per heavy atom. The van der Waals surface area contributed by atoms with E-state index in [2.05, 4.69) is 36.8 Å². The average molecular weight is 711 g/mol. The zero-order chi connectivity index (χ0) is 36.2. The molecule has 1 N–H and O–H groups in total. The Balaban J connectivity index is 1.33. The van der Waals surface area contributed by atoms with E-state index in [-0.39, 0.29) is 17.7 Å². The number of carbonyl (C=O) groups excluding carboxylic acids is 1. The number of amides is 1. The lowest BCUT2D eigenvalue weighted by molar-refractivity contribution is -0.138. The van der Waals surface area contributed by atoms with Gasteiger partial charge in [0.15, 0.2) is 5.75 Å². The summed E-state index contributed by atoms with van der Waals surface area (Å²) in [6.07, 6.45) is -0.912. The number of hydrogen-bond acceptors (Lipinski definition) is 7. The van der Waals surface area contributed by atoms with Crippen LogP contribution in [-0.4, -0.2) is 86.8 Å². The number of piperazine rings is 1. The normalized spacial score (nSPS) is 14.7. The molecule has 270 valence electrons. The molecule has 1 amide bonds. The molecule has 0 radical (unpaired) electrons. The average Bonchev–Trinajstić information content (AvgIpc) is 3.49. The highest BCUT2D eigenvalue weighted by Gasteiger charge is 2.35. The number of aromatic nitrogens is 2.